The molecule has 0 saturated carbocycles. The number of hydrogen-bond donors (Lipinski definition) is 1. The lowest BCUT2D eigenvalue weighted by Gasteiger charge is -2.12. The van der Waals surface area contributed by atoms with Crippen molar-refractivity contribution in [1.29, 1.82) is 0 Å². The average molecular weight is 480 g/mol. The fraction of sp³-hybridized carbons (Fsp3) is 0.174. The lowest BCUT2D eigenvalue weighted by atomic mass is 10.0. The molecule has 0 aliphatic carbocycles. The van der Waals surface area contributed by atoms with E-state index in [4.69, 9.17) is 9.52 Å². The van der Waals surface area contributed by atoms with Crippen molar-refractivity contribution in [3.05, 3.63) is 78.0 Å². The van der Waals surface area contributed by atoms with Gasteiger partial charge in [-0.15, -0.1) is 10.2 Å². The summed E-state index contributed by atoms with van der Waals surface area (Å²) in [5, 5.41) is 15.3. The lowest BCUT2D eigenvalue weighted by molar-refractivity contribution is 0.498. The molecule has 0 aliphatic rings. The van der Waals surface area contributed by atoms with Crippen LogP contribution < -0.4 is 4.72 Å². The van der Waals surface area contributed by atoms with E-state index in [2.05, 4.69) is 14.9 Å². The molecule has 10 heteroatoms. The first kappa shape index (κ1) is 21.6. The Hall–Kier alpha value is -3.21. The summed E-state index contributed by atoms with van der Waals surface area (Å²) in [6.45, 7) is 1.85. The van der Waals surface area contributed by atoms with Gasteiger partial charge in [-0.2, -0.15) is 21.4 Å². The second kappa shape index (κ2) is 8.62. The normalized spacial score (nSPS) is 12.1. The molecular weight excluding hydrogens is 458 g/mol. The molecule has 3 aromatic heterocycles. The Kier molecular flexibility index (Phi) is 5.65. The number of hydrogen-bond acceptors (Lipinski definition) is 7. The number of rotatable bonds is 7. The van der Waals surface area contributed by atoms with E-state index in [0.717, 1.165) is 16.6 Å². The molecule has 0 spiro atoms. The molecule has 2 aromatic carbocycles. The summed E-state index contributed by atoms with van der Waals surface area (Å²) < 4.78 is 35.8. The molecule has 0 amide bonds. The van der Waals surface area contributed by atoms with Crippen molar-refractivity contribution in [3.8, 4) is 11.3 Å². The second-order valence-corrected chi connectivity index (χ2v) is 10.2. The van der Waals surface area contributed by atoms with Crippen LogP contribution in [0.1, 0.15) is 17.1 Å². The van der Waals surface area contributed by atoms with E-state index in [1.54, 1.807) is 47.5 Å². The third-order valence-electron chi connectivity index (χ3n) is 5.37. The maximum atomic E-state index is 13.1. The van der Waals surface area contributed by atoms with Crippen LogP contribution in [-0.4, -0.2) is 34.5 Å². The molecule has 0 bridgehead atoms. The highest BCUT2D eigenvalue weighted by molar-refractivity contribution is 7.97. The number of aryl methyl sites for hydroxylation is 1. The van der Waals surface area contributed by atoms with E-state index in [1.807, 2.05) is 36.6 Å². The molecule has 33 heavy (non-hydrogen) atoms. The topological polar surface area (TPSA) is 102 Å². The Morgan fingerprint density at radius 1 is 1.06 bits per heavy atom. The zero-order chi connectivity index (χ0) is 23.0. The molecular formula is C23H21N5O3S2. The van der Waals surface area contributed by atoms with Gasteiger partial charge < -0.3 is 4.42 Å². The van der Waals surface area contributed by atoms with Crippen molar-refractivity contribution >= 4 is 38.2 Å². The Bertz CT molecular complexity index is 1560. The van der Waals surface area contributed by atoms with Crippen LogP contribution in [0.4, 0.5) is 0 Å². The maximum absolute atomic E-state index is 13.1. The van der Waals surface area contributed by atoms with Crippen LogP contribution in [0.15, 0.2) is 70.2 Å². The molecule has 5 rings (SSSR count). The standard InChI is InChI=1S/C23H21N5O3S2/c1-15-9-10-16(12-20(15)33(29,30)24-13-17-6-5-11-31-17)22-18-7-3-4-8-19(18)23-26-25-21(14-32-2)28(23)27-22/h3-12,24H,13-14H2,1-2H3. The molecule has 0 atom stereocenters. The van der Waals surface area contributed by atoms with Gasteiger partial charge in [0.15, 0.2) is 11.5 Å². The number of furan rings is 1. The first-order chi connectivity index (χ1) is 16.0. The Balaban J connectivity index is 1.65. The third-order valence-corrected chi connectivity index (χ3v) is 7.46. The zero-order valence-corrected chi connectivity index (χ0v) is 19.7. The van der Waals surface area contributed by atoms with E-state index in [9.17, 15) is 8.42 Å². The molecule has 0 fully saturated rings. The number of aromatic nitrogens is 4. The van der Waals surface area contributed by atoms with Crippen LogP contribution in [0.2, 0.25) is 0 Å². The summed E-state index contributed by atoms with van der Waals surface area (Å²) in [5.41, 5.74) is 2.69. The van der Waals surface area contributed by atoms with Gasteiger partial charge in [0.2, 0.25) is 10.0 Å². The van der Waals surface area contributed by atoms with Crippen LogP contribution in [0.5, 0.6) is 0 Å². The summed E-state index contributed by atoms with van der Waals surface area (Å²) >= 11 is 1.63. The summed E-state index contributed by atoms with van der Waals surface area (Å²) in [6.07, 6.45) is 3.51. The van der Waals surface area contributed by atoms with Gasteiger partial charge in [0.25, 0.3) is 0 Å². The van der Waals surface area contributed by atoms with E-state index in [0.29, 0.717) is 34.0 Å². The van der Waals surface area contributed by atoms with Crippen LogP contribution in [-0.2, 0) is 22.3 Å². The van der Waals surface area contributed by atoms with Gasteiger partial charge in [0.05, 0.1) is 29.2 Å². The quantitative estimate of drug-likeness (QED) is 0.373. The van der Waals surface area contributed by atoms with Gasteiger partial charge in [-0.25, -0.2) is 13.1 Å². The highest BCUT2D eigenvalue weighted by atomic mass is 32.2. The molecule has 0 unspecified atom stereocenters. The van der Waals surface area contributed by atoms with E-state index >= 15 is 0 Å². The van der Waals surface area contributed by atoms with Gasteiger partial charge in [-0.3, -0.25) is 0 Å². The van der Waals surface area contributed by atoms with Crippen molar-refractivity contribution in [2.45, 2.75) is 24.1 Å². The summed E-state index contributed by atoms with van der Waals surface area (Å²) in [7, 11) is -3.77. The minimum Gasteiger partial charge on any atom is -0.468 e. The first-order valence-electron chi connectivity index (χ1n) is 10.2. The van der Waals surface area contributed by atoms with Crippen LogP contribution >= 0.6 is 11.8 Å². The smallest absolute Gasteiger partial charge is 0.241 e. The number of thioether (sulfide) groups is 1. The highest BCUT2D eigenvalue weighted by Gasteiger charge is 2.20. The van der Waals surface area contributed by atoms with Crippen LogP contribution in [0, 0.1) is 6.92 Å². The average Bonchev–Trinajstić information content (AvgIpc) is 3.48. The van der Waals surface area contributed by atoms with Crippen molar-refractivity contribution in [1.82, 2.24) is 24.5 Å². The van der Waals surface area contributed by atoms with Gasteiger partial charge >= 0.3 is 0 Å². The fourth-order valence-electron chi connectivity index (χ4n) is 3.75. The van der Waals surface area contributed by atoms with Crippen molar-refractivity contribution < 1.29 is 12.8 Å². The van der Waals surface area contributed by atoms with Crippen molar-refractivity contribution in [2.24, 2.45) is 0 Å². The molecule has 5 aromatic rings. The van der Waals surface area contributed by atoms with E-state index < -0.39 is 10.0 Å². The van der Waals surface area contributed by atoms with Crippen molar-refractivity contribution in [2.75, 3.05) is 6.26 Å². The van der Waals surface area contributed by atoms with Crippen LogP contribution in [0.25, 0.3) is 27.7 Å². The SMILES string of the molecule is CSCc1nnc2c3ccccc3c(-c3ccc(C)c(S(=O)(=O)NCc4ccco4)c3)nn12. The number of nitrogens with zero attached hydrogens (tertiary/aromatic N) is 4. The minimum absolute atomic E-state index is 0.0743. The first-order valence-corrected chi connectivity index (χ1v) is 13.1. The number of benzene rings is 2. The number of fused-ring (bicyclic) bond motifs is 3. The predicted octanol–water partition coefficient (Wildman–Crippen LogP) is 4.19. The molecule has 3 heterocycles. The highest BCUT2D eigenvalue weighted by Crippen LogP contribution is 2.31. The Labute approximate surface area is 195 Å². The maximum Gasteiger partial charge on any atom is 0.241 e. The summed E-state index contributed by atoms with van der Waals surface area (Å²) in [5.74, 6) is 1.94. The minimum atomic E-state index is -3.77. The second-order valence-electron chi connectivity index (χ2n) is 7.56. The van der Waals surface area contributed by atoms with Gasteiger partial charge in [-0.1, -0.05) is 36.4 Å². The van der Waals surface area contributed by atoms with E-state index in [-0.39, 0.29) is 11.4 Å². The molecule has 0 saturated heterocycles. The zero-order valence-electron chi connectivity index (χ0n) is 18.0. The third kappa shape index (κ3) is 4.01. The van der Waals surface area contributed by atoms with Gasteiger partial charge in [0, 0.05) is 16.3 Å². The Morgan fingerprint density at radius 3 is 2.64 bits per heavy atom. The fourth-order valence-corrected chi connectivity index (χ4v) is 5.45. The van der Waals surface area contributed by atoms with Crippen LogP contribution in [0.3, 0.4) is 0 Å². The Morgan fingerprint density at radius 2 is 1.88 bits per heavy atom. The summed E-state index contributed by atoms with van der Waals surface area (Å²) in [4.78, 5) is 0.200. The van der Waals surface area contributed by atoms with Gasteiger partial charge in [-0.05, 0) is 36.9 Å². The molecule has 168 valence electrons. The van der Waals surface area contributed by atoms with E-state index in [1.165, 1.54) is 6.26 Å². The predicted molar refractivity (Wildman–Crippen MR) is 128 cm³/mol. The monoisotopic (exact) mass is 479 g/mol. The molecule has 0 radical (unpaired) electrons. The number of nitrogens with one attached hydrogen (secondary N) is 1. The van der Waals surface area contributed by atoms with Gasteiger partial charge in [0.1, 0.15) is 5.76 Å². The lowest BCUT2D eigenvalue weighted by Crippen LogP contribution is -2.23. The largest absolute Gasteiger partial charge is 0.468 e. The summed E-state index contributed by atoms with van der Waals surface area (Å²) in [6, 6.07) is 16.6. The molecule has 8 nitrogen and oxygen atoms in total. The molecule has 1 N–H and O–H groups in total. The number of sulfonamides is 1. The molecule has 0 aliphatic heterocycles. The van der Waals surface area contributed by atoms with Crippen molar-refractivity contribution in [3.63, 3.8) is 0 Å².